The van der Waals surface area contributed by atoms with Gasteiger partial charge >= 0.3 is 0 Å². The van der Waals surface area contributed by atoms with E-state index >= 15 is 0 Å². The summed E-state index contributed by atoms with van der Waals surface area (Å²) in [7, 11) is -3.49. The molecule has 2 atom stereocenters. The number of nitrogens with zero attached hydrogens (tertiary/aromatic N) is 2. The molecule has 0 saturated carbocycles. The van der Waals surface area contributed by atoms with E-state index in [1.54, 1.807) is 19.1 Å². The van der Waals surface area contributed by atoms with Gasteiger partial charge in [-0.2, -0.15) is 9.57 Å². The van der Waals surface area contributed by atoms with Crippen LogP contribution in [0.4, 0.5) is 0 Å². The molecule has 0 bridgehead atoms. The molecule has 0 aromatic heterocycles. The summed E-state index contributed by atoms with van der Waals surface area (Å²) in [4.78, 5) is 0.279. The number of hydrogen-bond acceptors (Lipinski definition) is 4. The molecule has 108 valence electrons. The van der Waals surface area contributed by atoms with Gasteiger partial charge in [0.1, 0.15) is 0 Å². The van der Waals surface area contributed by atoms with Gasteiger partial charge in [0.05, 0.1) is 16.5 Å². The topological polar surface area (TPSA) is 87.2 Å². The van der Waals surface area contributed by atoms with Crippen LogP contribution in [-0.4, -0.2) is 31.9 Å². The van der Waals surface area contributed by atoms with Gasteiger partial charge in [-0.25, -0.2) is 8.42 Å². The Labute approximate surface area is 120 Å². The summed E-state index contributed by atoms with van der Waals surface area (Å²) in [6.07, 6.45) is 0.798. The Bertz CT molecular complexity index is 647. The molecule has 1 aliphatic heterocycles. The minimum Gasteiger partial charge on any atom is -0.328 e. The van der Waals surface area contributed by atoms with Crippen molar-refractivity contribution in [2.45, 2.75) is 31.2 Å². The molecule has 6 heteroatoms. The maximum atomic E-state index is 12.6. The molecule has 1 aromatic carbocycles. The van der Waals surface area contributed by atoms with Gasteiger partial charge in [-0.3, -0.25) is 0 Å². The van der Waals surface area contributed by atoms with Crippen LogP contribution in [0.3, 0.4) is 0 Å². The third kappa shape index (κ3) is 2.70. The van der Waals surface area contributed by atoms with Crippen molar-refractivity contribution in [2.24, 2.45) is 11.7 Å². The number of nitrogens with two attached hydrogens (primary N) is 1. The number of sulfonamides is 1. The van der Waals surface area contributed by atoms with Crippen molar-refractivity contribution in [2.75, 3.05) is 13.1 Å². The van der Waals surface area contributed by atoms with Crippen LogP contribution in [0.15, 0.2) is 23.1 Å². The Balaban J connectivity index is 2.30. The number of benzene rings is 1. The normalized spacial score (nSPS) is 21.6. The molecule has 1 heterocycles. The molecule has 1 aliphatic rings. The van der Waals surface area contributed by atoms with Crippen LogP contribution in [0.1, 0.15) is 24.5 Å². The van der Waals surface area contributed by atoms with Crippen LogP contribution in [0.5, 0.6) is 0 Å². The van der Waals surface area contributed by atoms with E-state index in [4.69, 9.17) is 11.0 Å². The van der Waals surface area contributed by atoms with Crippen molar-refractivity contribution >= 4 is 10.0 Å². The standard InChI is InChI=1S/C14H19N3O2S/c1-10-7-12(8-15)3-4-14(10)20(18,19)17-6-5-13(9-17)11(2)16/h3-4,7,11,13H,5-6,9,16H2,1-2H3. The van der Waals surface area contributed by atoms with Crippen molar-refractivity contribution in [1.29, 1.82) is 5.26 Å². The Morgan fingerprint density at radius 3 is 2.70 bits per heavy atom. The quantitative estimate of drug-likeness (QED) is 0.908. The summed E-state index contributed by atoms with van der Waals surface area (Å²) in [6.45, 7) is 4.61. The van der Waals surface area contributed by atoms with Gasteiger partial charge in [0.2, 0.25) is 10.0 Å². The van der Waals surface area contributed by atoms with Crippen molar-refractivity contribution < 1.29 is 8.42 Å². The van der Waals surface area contributed by atoms with Crippen LogP contribution >= 0.6 is 0 Å². The largest absolute Gasteiger partial charge is 0.328 e. The molecule has 5 nitrogen and oxygen atoms in total. The van der Waals surface area contributed by atoms with Gasteiger partial charge < -0.3 is 5.73 Å². The van der Waals surface area contributed by atoms with Crippen molar-refractivity contribution in [3.8, 4) is 6.07 Å². The maximum absolute atomic E-state index is 12.6. The third-order valence-corrected chi connectivity index (χ3v) is 5.88. The average Bonchev–Trinajstić information content (AvgIpc) is 2.88. The predicted octanol–water partition coefficient (Wildman–Crippen LogP) is 1.22. The Morgan fingerprint density at radius 1 is 1.50 bits per heavy atom. The Hall–Kier alpha value is -1.42. The second-order valence-electron chi connectivity index (χ2n) is 5.36. The van der Waals surface area contributed by atoms with Crippen molar-refractivity contribution in [1.82, 2.24) is 4.31 Å². The van der Waals surface area contributed by atoms with Gasteiger partial charge in [-0.15, -0.1) is 0 Å². The van der Waals surface area contributed by atoms with Gasteiger partial charge in [0.25, 0.3) is 0 Å². The number of hydrogen-bond donors (Lipinski definition) is 1. The molecule has 2 rings (SSSR count). The summed E-state index contributed by atoms with van der Waals surface area (Å²) in [5.41, 5.74) is 6.93. The molecule has 2 N–H and O–H groups in total. The third-order valence-electron chi connectivity index (χ3n) is 3.85. The first-order valence-electron chi connectivity index (χ1n) is 6.62. The fourth-order valence-corrected chi connectivity index (χ4v) is 4.27. The summed E-state index contributed by atoms with van der Waals surface area (Å²) in [6, 6.07) is 6.67. The summed E-state index contributed by atoms with van der Waals surface area (Å²) >= 11 is 0. The SMILES string of the molecule is Cc1cc(C#N)ccc1S(=O)(=O)N1CCC(C(C)N)C1. The van der Waals surface area contributed by atoms with Crippen LogP contribution in [-0.2, 0) is 10.0 Å². The highest BCUT2D eigenvalue weighted by Crippen LogP contribution is 2.27. The molecule has 1 saturated heterocycles. The van der Waals surface area contributed by atoms with E-state index in [-0.39, 0.29) is 16.9 Å². The van der Waals surface area contributed by atoms with Crippen LogP contribution in [0.25, 0.3) is 0 Å². The van der Waals surface area contributed by atoms with Crippen LogP contribution in [0.2, 0.25) is 0 Å². The molecular formula is C14H19N3O2S. The molecule has 1 fully saturated rings. The maximum Gasteiger partial charge on any atom is 0.243 e. The van der Waals surface area contributed by atoms with E-state index in [1.165, 1.54) is 10.4 Å². The lowest BCUT2D eigenvalue weighted by Crippen LogP contribution is -2.33. The van der Waals surface area contributed by atoms with Gasteiger partial charge in [0.15, 0.2) is 0 Å². The minimum absolute atomic E-state index is 0.00254. The highest BCUT2D eigenvalue weighted by molar-refractivity contribution is 7.89. The van der Waals surface area contributed by atoms with Crippen molar-refractivity contribution in [3.05, 3.63) is 29.3 Å². The number of nitriles is 1. The second kappa shape index (κ2) is 5.52. The smallest absolute Gasteiger partial charge is 0.243 e. The highest BCUT2D eigenvalue weighted by atomic mass is 32.2. The number of rotatable bonds is 3. The summed E-state index contributed by atoms with van der Waals surface area (Å²) < 4.78 is 26.7. The van der Waals surface area contributed by atoms with Crippen LogP contribution in [0, 0.1) is 24.2 Å². The molecule has 0 radical (unpaired) electrons. The number of aryl methyl sites for hydroxylation is 1. The molecule has 0 aliphatic carbocycles. The predicted molar refractivity (Wildman–Crippen MR) is 76.4 cm³/mol. The monoisotopic (exact) mass is 293 g/mol. The zero-order valence-corrected chi connectivity index (χ0v) is 12.5. The summed E-state index contributed by atoms with van der Waals surface area (Å²) in [5, 5.41) is 8.84. The molecule has 0 amide bonds. The van der Waals surface area contributed by atoms with E-state index in [9.17, 15) is 8.42 Å². The molecule has 1 aromatic rings. The van der Waals surface area contributed by atoms with Gasteiger partial charge in [-0.05, 0) is 49.9 Å². The Morgan fingerprint density at radius 2 is 2.20 bits per heavy atom. The van der Waals surface area contributed by atoms with E-state index < -0.39 is 10.0 Å². The highest BCUT2D eigenvalue weighted by Gasteiger charge is 2.34. The van der Waals surface area contributed by atoms with Crippen molar-refractivity contribution in [3.63, 3.8) is 0 Å². The fraction of sp³-hybridized carbons (Fsp3) is 0.500. The first-order chi connectivity index (χ1) is 9.36. The summed E-state index contributed by atoms with van der Waals surface area (Å²) in [5.74, 6) is 0.212. The molecule has 20 heavy (non-hydrogen) atoms. The molecular weight excluding hydrogens is 274 g/mol. The second-order valence-corrected chi connectivity index (χ2v) is 7.27. The first kappa shape index (κ1) is 15.0. The van der Waals surface area contributed by atoms with E-state index in [0.717, 1.165) is 6.42 Å². The lowest BCUT2D eigenvalue weighted by Gasteiger charge is -2.19. The van der Waals surface area contributed by atoms with E-state index in [1.807, 2.05) is 13.0 Å². The zero-order valence-electron chi connectivity index (χ0n) is 11.7. The lowest BCUT2D eigenvalue weighted by atomic mass is 10.0. The van der Waals surface area contributed by atoms with E-state index in [2.05, 4.69) is 0 Å². The van der Waals surface area contributed by atoms with Crippen LogP contribution < -0.4 is 5.73 Å². The first-order valence-corrected chi connectivity index (χ1v) is 8.06. The lowest BCUT2D eigenvalue weighted by molar-refractivity contribution is 0.429. The zero-order chi connectivity index (χ0) is 14.9. The molecule has 0 spiro atoms. The van der Waals surface area contributed by atoms with E-state index in [0.29, 0.717) is 24.2 Å². The van der Waals surface area contributed by atoms with Gasteiger partial charge in [-0.1, -0.05) is 0 Å². The average molecular weight is 293 g/mol. The molecule has 2 unspecified atom stereocenters. The van der Waals surface area contributed by atoms with Gasteiger partial charge in [0, 0.05) is 19.1 Å². The minimum atomic E-state index is -3.49. The Kier molecular flexibility index (Phi) is 4.14. The fourth-order valence-electron chi connectivity index (χ4n) is 2.55.